The van der Waals surface area contributed by atoms with Crippen LogP contribution in [0.5, 0.6) is 0 Å². The van der Waals surface area contributed by atoms with Gasteiger partial charge in [-0.2, -0.15) is 5.26 Å². The summed E-state index contributed by atoms with van der Waals surface area (Å²) in [5, 5.41) is 29.3. The second-order valence-corrected chi connectivity index (χ2v) is 4.93. The smallest absolute Gasteiger partial charge is 0.335 e. The zero-order valence-electron chi connectivity index (χ0n) is 12.8. The third kappa shape index (κ3) is 4.53. The molecule has 2 aromatic rings. The molecule has 0 saturated heterocycles. The standard InChI is InChI=1S/C18H12N2O5/c19-10-14(9-11-1-3-12(4-2-11)17(22)23)16(21)20-15-7-5-13(6-8-15)18(24)25/h1-9H,(H,20,21)(H,22,23)(H,24,25)/b14-9+. The fourth-order valence-electron chi connectivity index (χ4n) is 1.93. The van der Waals surface area contributed by atoms with Gasteiger partial charge in [0, 0.05) is 5.69 Å². The van der Waals surface area contributed by atoms with Crippen molar-refractivity contribution in [1.29, 1.82) is 5.26 Å². The van der Waals surface area contributed by atoms with Crippen LogP contribution in [0.1, 0.15) is 26.3 Å². The van der Waals surface area contributed by atoms with Crippen LogP contribution in [0.2, 0.25) is 0 Å². The Morgan fingerprint density at radius 3 is 1.80 bits per heavy atom. The van der Waals surface area contributed by atoms with Crippen LogP contribution < -0.4 is 5.32 Å². The van der Waals surface area contributed by atoms with Gasteiger partial charge < -0.3 is 15.5 Å². The van der Waals surface area contributed by atoms with Crippen molar-refractivity contribution in [2.75, 3.05) is 5.32 Å². The van der Waals surface area contributed by atoms with Crippen molar-refractivity contribution >= 4 is 29.6 Å². The molecule has 7 nitrogen and oxygen atoms in total. The molecule has 0 aromatic heterocycles. The summed E-state index contributed by atoms with van der Waals surface area (Å²) in [5.41, 5.74) is 0.840. The Hall–Kier alpha value is -3.92. The summed E-state index contributed by atoms with van der Waals surface area (Å²) in [6.07, 6.45) is 1.33. The van der Waals surface area contributed by atoms with E-state index in [1.165, 1.54) is 54.6 Å². The first-order valence-electron chi connectivity index (χ1n) is 7.00. The quantitative estimate of drug-likeness (QED) is 0.569. The van der Waals surface area contributed by atoms with Crippen molar-refractivity contribution in [2.24, 2.45) is 0 Å². The van der Waals surface area contributed by atoms with Gasteiger partial charge in [0.15, 0.2) is 0 Å². The van der Waals surface area contributed by atoms with Crippen molar-refractivity contribution in [3.8, 4) is 6.07 Å². The van der Waals surface area contributed by atoms with E-state index in [2.05, 4.69) is 5.32 Å². The molecule has 0 spiro atoms. The van der Waals surface area contributed by atoms with E-state index < -0.39 is 17.8 Å². The van der Waals surface area contributed by atoms with Crippen molar-refractivity contribution in [3.63, 3.8) is 0 Å². The van der Waals surface area contributed by atoms with E-state index in [1.54, 1.807) is 6.07 Å². The number of nitrogens with one attached hydrogen (secondary N) is 1. The highest BCUT2D eigenvalue weighted by atomic mass is 16.4. The van der Waals surface area contributed by atoms with Crippen LogP contribution in [0.15, 0.2) is 54.1 Å². The Labute approximate surface area is 142 Å². The lowest BCUT2D eigenvalue weighted by atomic mass is 10.1. The number of nitriles is 1. The summed E-state index contributed by atoms with van der Waals surface area (Å²) >= 11 is 0. The highest BCUT2D eigenvalue weighted by Gasteiger charge is 2.10. The number of aromatic carboxylic acids is 2. The van der Waals surface area contributed by atoms with E-state index in [1.807, 2.05) is 0 Å². The second-order valence-electron chi connectivity index (χ2n) is 4.93. The van der Waals surface area contributed by atoms with Crippen LogP contribution in [0.4, 0.5) is 5.69 Å². The SMILES string of the molecule is N#C/C(=C\c1ccc(C(=O)O)cc1)C(=O)Nc1ccc(C(=O)O)cc1. The maximum Gasteiger partial charge on any atom is 0.335 e. The fraction of sp³-hybridized carbons (Fsp3) is 0. The lowest BCUT2D eigenvalue weighted by molar-refractivity contribution is -0.112. The number of hydrogen-bond donors (Lipinski definition) is 3. The summed E-state index contributed by atoms with van der Waals surface area (Å²) < 4.78 is 0. The largest absolute Gasteiger partial charge is 0.478 e. The third-order valence-electron chi connectivity index (χ3n) is 3.22. The van der Waals surface area contributed by atoms with Crippen LogP contribution in [0.25, 0.3) is 6.08 Å². The summed E-state index contributed by atoms with van der Waals surface area (Å²) in [5.74, 6) is -2.81. The number of carbonyl (C=O) groups excluding carboxylic acids is 1. The third-order valence-corrected chi connectivity index (χ3v) is 3.22. The number of amides is 1. The van der Waals surface area contributed by atoms with Crippen LogP contribution in [0, 0.1) is 11.3 Å². The van der Waals surface area contributed by atoms with Gasteiger partial charge in [-0.05, 0) is 48.0 Å². The molecule has 0 radical (unpaired) electrons. The number of rotatable bonds is 5. The summed E-state index contributed by atoms with van der Waals surface area (Å²) in [6, 6.07) is 13.0. The topological polar surface area (TPSA) is 127 Å². The molecule has 0 unspecified atom stereocenters. The number of benzene rings is 2. The van der Waals surface area contributed by atoms with Gasteiger partial charge in [0.1, 0.15) is 11.6 Å². The van der Waals surface area contributed by atoms with Gasteiger partial charge in [-0.3, -0.25) is 4.79 Å². The number of carboxylic acids is 2. The van der Waals surface area contributed by atoms with Gasteiger partial charge in [-0.1, -0.05) is 12.1 Å². The number of anilines is 1. The molecule has 0 atom stereocenters. The zero-order chi connectivity index (χ0) is 18.4. The number of carboxylic acid groups (broad SMARTS) is 2. The Bertz CT molecular complexity index is 891. The van der Waals surface area contributed by atoms with Crippen molar-refractivity contribution in [1.82, 2.24) is 0 Å². The lowest BCUT2D eigenvalue weighted by Gasteiger charge is -2.05. The van der Waals surface area contributed by atoms with E-state index in [4.69, 9.17) is 15.5 Å². The van der Waals surface area contributed by atoms with E-state index in [9.17, 15) is 14.4 Å². The maximum atomic E-state index is 12.1. The Balaban J connectivity index is 2.16. The molecule has 3 N–H and O–H groups in total. The van der Waals surface area contributed by atoms with Crippen LogP contribution in [-0.2, 0) is 4.79 Å². The summed E-state index contributed by atoms with van der Waals surface area (Å²) in [7, 11) is 0. The van der Waals surface area contributed by atoms with Crippen molar-refractivity contribution in [3.05, 3.63) is 70.8 Å². The molecular formula is C18H12N2O5. The van der Waals surface area contributed by atoms with Gasteiger partial charge in [-0.25, -0.2) is 9.59 Å². The molecule has 1 amide bonds. The summed E-state index contributed by atoms with van der Waals surface area (Å²) in [4.78, 5) is 33.7. The van der Waals surface area contributed by atoms with Gasteiger partial charge in [-0.15, -0.1) is 0 Å². The predicted molar refractivity (Wildman–Crippen MR) is 89.0 cm³/mol. The van der Waals surface area contributed by atoms with E-state index >= 15 is 0 Å². The Morgan fingerprint density at radius 2 is 1.36 bits per heavy atom. The molecule has 25 heavy (non-hydrogen) atoms. The maximum absolute atomic E-state index is 12.1. The van der Waals surface area contributed by atoms with Gasteiger partial charge in [0.25, 0.3) is 5.91 Å². The molecule has 0 aliphatic carbocycles. The first-order chi connectivity index (χ1) is 11.9. The molecule has 0 saturated carbocycles. The van der Waals surface area contributed by atoms with E-state index in [-0.39, 0.29) is 16.7 Å². The summed E-state index contributed by atoms with van der Waals surface area (Å²) in [6.45, 7) is 0. The molecule has 0 bridgehead atoms. The van der Waals surface area contributed by atoms with Crippen molar-refractivity contribution in [2.45, 2.75) is 0 Å². The number of hydrogen-bond acceptors (Lipinski definition) is 4. The van der Waals surface area contributed by atoms with Gasteiger partial charge in [0.2, 0.25) is 0 Å². The predicted octanol–water partition coefficient (Wildman–Crippen LogP) is 2.63. The average molecular weight is 336 g/mol. The van der Waals surface area contributed by atoms with E-state index in [0.29, 0.717) is 11.3 Å². The molecule has 2 rings (SSSR count). The minimum atomic E-state index is -1.08. The highest BCUT2D eigenvalue weighted by Crippen LogP contribution is 2.13. The Kier molecular flexibility index (Phi) is 5.28. The molecular weight excluding hydrogens is 324 g/mol. The zero-order valence-corrected chi connectivity index (χ0v) is 12.8. The van der Waals surface area contributed by atoms with Gasteiger partial charge >= 0.3 is 11.9 Å². The minimum absolute atomic E-state index is 0.0765. The fourth-order valence-corrected chi connectivity index (χ4v) is 1.93. The Morgan fingerprint density at radius 1 is 0.880 bits per heavy atom. The molecule has 124 valence electrons. The second kappa shape index (κ2) is 7.57. The van der Waals surface area contributed by atoms with Crippen LogP contribution in [0.3, 0.4) is 0 Å². The minimum Gasteiger partial charge on any atom is -0.478 e. The molecule has 0 aliphatic rings. The van der Waals surface area contributed by atoms with Crippen molar-refractivity contribution < 1.29 is 24.6 Å². The van der Waals surface area contributed by atoms with Crippen LogP contribution in [-0.4, -0.2) is 28.1 Å². The monoisotopic (exact) mass is 336 g/mol. The normalized spacial score (nSPS) is 10.6. The molecule has 0 heterocycles. The highest BCUT2D eigenvalue weighted by molar-refractivity contribution is 6.09. The number of carbonyl (C=O) groups is 3. The van der Waals surface area contributed by atoms with Crippen LogP contribution >= 0.6 is 0 Å². The first kappa shape index (κ1) is 17.4. The first-order valence-corrected chi connectivity index (χ1v) is 7.00. The molecule has 0 fully saturated rings. The van der Waals surface area contributed by atoms with E-state index in [0.717, 1.165) is 0 Å². The van der Waals surface area contributed by atoms with Gasteiger partial charge in [0.05, 0.1) is 11.1 Å². The lowest BCUT2D eigenvalue weighted by Crippen LogP contribution is -2.13. The molecule has 2 aromatic carbocycles. The number of nitrogens with zero attached hydrogens (tertiary/aromatic N) is 1. The molecule has 0 aliphatic heterocycles. The average Bonchev–Trinajstić information content (AvgIpc) is 2.60. The molecule has 7 heteroatoms.